The van der Waals surface area contributed by atoms with E-state index in [1.165, 1.54) is 0 Å². The molecule has 7 nitrogen and oxygen atoms in total. The van der Waals surface area contributed by atoms with E-state index >= 15 is 0 Å². The summed E-state index contributed by atoms with van der Waals surface area (Å²) in [5.41, 5.74) is 0.854. The van der Waals surface area contributed by atoms with E-state index in [9.17, 15) is 4.79 Å². The molecule has 32 heavy (non-hydrogen) atoms. The Morgan fingerprint density at radius 3 is 2.53 bits per heavy atom. The van der Waals surface area contributed by atoms with E-state index in [0.29, 0.717) is 42.6 Å². The fraction of sp³-hybridized carbons (Fsp3) is 0.375. The molecule has 0 bridgehead atoms. The number of amides is 1. The lowest BCUT2D eigenvalue weighted by Gasteiger charge is -2.34. The van der Waals surface area contributed by atoms with Crippen LogP contribution in [-0.2, 0) is 11.2 Å². The zero-order valence-corrected chi connectivity index (χ0v) is 18.7. The summed E-state index contributed by atoms with van der Waals surface area (Å²) >= 11 is 5.91. The van der Waals surface area contributed by atoms with Gasteiger partial charge in [-0.15, -0.1) is 0 Å². The standard InChI is InChI=1S/C24H27ClN4O3/c25-20-11-9-19(10-12-20)24-26-22(32-27-24)7-4-8-23(30)29-15-13-28(14-16-29)17-18-31-21-5-2-1-3-6-21/h1-3,5-6,9-12H,4,7-8,13-18H2. The first-order valence-electron chi connectivity index (χ1n) is 10.9. The third kappa shape index (κ3) is 6.31. The summed E-state index contributed by atoms with van der Waals surface area (Å²) in [6, 6.07) is 17.1. The van der Waals surface area contributed by atoms with Crippen molar-refractivity contribution in [2.45, 2.75) is 19.3 Å². The van der Waals surface area contributed by atoms with Gasteiger partial charge >= 0.3 is 0 Å². The van der Waals surface area contributed by atoms with Crippen LogP contribution in [0.2, 0.25) is 5.02 Å². The number of aromatic nitrogens is 2. The third-order valence-corrected chi connectivity index (χ3v) is 5.75. The van der Waals surface area contributed by atoms with Gasteiger partial charge in [-0.3, -0.25) is 9.69 Å². The maximum Gasteiger partial charge on any atom is 0.226 e. The first-order chi connectivity index (χ1) is 15.7. The topological polar surface area (TPSA) is 71.7 Å². The Kier molecular flexibility index (Phi) is 7.74. The summed E-state index contributed by atoms with van der Waals surface area (Å²) in [5, 5.41) is 4.68. The third-order valence-electron chi connectivity index (χ3n) is 5.50. The van der Waals surface area contributed by atoms with E-state index in [1.54, 1.807) is 12.1 Å². The number of benzene rings is 2. The van der Waals surface area contributed by atoms with E-state index in [4.69, 9.17) is 20.9 Å². The Balaban J connectivity index is 1.13. The van der Waals surface area contributed by atoms with Gasteiger partial charge in [-0.2, -0.15) is 4.98 Å². The predicted octanol–water partition coefficient (Wildman–Crippen LogP) is 3.94. The second kappa shape index (κ2) is 11.1. The highest BCUT2D eigenvalue weighted by Crippen LogP contribution is 2.19. The predicted molar refractivity (Wildman–Crippen MR) is 123 cm³/mol. The molecule has 1 aromatic heterocycles. The van der Waals surface area contributed by atoms with Crippen molar-refractivity contribution in [3.05, 3.63) is 65.5 Å². The van der Waals surface area contributed by atoms with Crippen LogP contribution in [0.25, 0.3) is 11.4 Å². The minimum absolute atomic E-state index is 0.183. The molecule has 8 heteroatoms. The molecule has 1 saturated heterocycles. The monoisotopic (exact) mass is 454 g/mol. The van der Waals surface area contributed by atoms with Crippen molar-refractivity contribution in [1.29, 1.82) is 0 Å². The molecular weight excluding hydrogens is 428 g/mol. The van der Waals surface area contributed by atoms with Gasteiger partial charge < -0.3 is 14.2 Å². The molecule has 2 aromatic carbocycles. The number of halogens is 1. The highest BCUT2D eigenvalue weighted by atomic mass is 35.5. The zero-order chi connectivity index (χ0) is 22.2. The SMILES string of the molecule is O=C(CCCc1nc(-c2ccc(Cl)cc2)no1)N1CCN(CCOc2ccccc2)CC1. The van der Waals surface area contributed by atoms with Gasteiger partial charge in [0.25, 0.3) is 0 Å². The molecule has 0 atom stereocenters. The second-order valence-electron chi connectivity index (χ2n) is 7.76. The highest BCUT2D eigenvalue weighted by Gasteiger charge is 2.21. The Morgan fingerprint density at radius 2 is 1.78 bits per heavy atom. The number of rotatable bonds is 9. The van der Waals surface area contributed by atoms with Crippen molar-refractivity contribution in [3.8, 4) is 17.1 Å². The number of ether oxygens (including phenoxy) is 1. The fourth-order valence-corrected chi connectivity index (χ4v) is 3.78. The number of aryl methyl sites for hydroxylation is 1. The second-order valence-corrected chi connectivity index (χ2v) is 8.19. The molecule has 0 radical (unpaired) electrons. The van der Waals surface area contributed by atoms with Crippen molar-refractivity contribution in [3.63, 3.8) is 0 Å². The number of para-hydroxylation sites is 1. The van der Waals surface area contributed by atoms with E-state index in [2.05, 4.69) is 15.0 Å². The molecule has 2 heterocycles. The lowest BCUT2D eigenvalue weighted by atomic mass is 10.2. The van der Waals surface area contributed by atoms with E-state index in [1.807, 2.05) is 47.4 Å². The van der Waals surface area contributed by atoms with Gasteiger partial charge in [0.2, 0.25) is 17.6 Å². The minimum atomic E-state index is 0.183. The molecule has 0 spiro atoms. The van der Waals surface area contributed by atoms with Crippen LogP contribution in [0.5, 0.6) is 5.75 Å². The molecule has 168 valence electrons. The first-order valence-corrected chi connectivity index (χ1v) is 11.3. The van der Waals surface area contributed by atoms with E-state index in [-0.39, 0.29) is 5.91 Å². The molecule has 0 N–H and O–H groups in total. The number of hydrogen-bond acceptors (Lipinski definition) is 6. The number of carbonyl (C=O) groups is 1. The Hall–Kier alpha value is -2.90. The Bertz CT molecular complexity index is 986. The van der Waals surface area contributed by atoms with Gasteiger partial charge in [-0.25, -0.2) is 0 Å². The molecule has 1 fully saturated rings. The molecule has 0 saturated carbocycles. The van der Waals surface area contributed by atoms with Crippen molar-refractivity contribution in [2.24, 2.45) is 0 Å². The summed E-state index contributed by atoms with van der Waals surface area (Å²) in [6.07, 6.45) is 1.76. The summed E-state index contributed by atoms with van der Waals surface area (Å²) in [4.78, 5) is 21.3. The lowest BCUT2D eigenvalue weighted by molar-refractivity contribution is -0.133. The maximum atomic E-state index is 12.6. The fourth-order valence-electron chi connectivity index (χ4n) is 3.65. The number of carbonyl (C=O) groups excluding carboxylic acids is 1. The van der Waals surface area contributed by atoms with Gasteiger partial charge in [0, 0.05) is 56.2 Å². The lowest BCUT2D eigenvalue weighted by Crippen LogP contribution is -2.49. The molecule has 1 aliphatic rings. The van der Waals surface area contributed by atoms with Crippen molar-refractivity contribution < 1.29 is 14.1 Å². The molecule has 0 aliphatic carbocycles. The Labute approximate surface area is 192 Å². The van der Waals surface area contributed by atoms with Crippen LogP contribution in [0.3, 0.4) is 0 Å². The van der Waals surface area contributed by atoms with Gasteiger partial charge in [-0.1, -0.05) is 35.0 Å². The first kappa shape index (κ1) is 22.3. The molecule has 1 aliphatic heterocycles. The maximum absolute atomic E-state index is 12.6. The molecule has 3 aromatic rings. The summed E-state index contributed by atoms with van der Waals surface area (Å²) in [7, 11) is 0. The molecule has 4 rings (SSSR count). The van der Waals surface area contributed by atoms with E-state index in [0.717, 1.165) is 44.0 Å². The van der Waals surface area contributed by atoms with Crippen LogP contribution in [-0.4, -0.2) is 65.2 Å². The highest BCUT2D eigenvalue weighted by molar-refractivity contribution is 6.30. The largest absolute Gasteiger partial charge is 0.492 e. The smallest absolute Gasteiger partial charge is 0.226 e. The average Bonchev–Trinajstić information content (AvgIpc) is 3.29. The number of piperazine rings is 1. The van der Waals surface area contributed by atoms with Gasteiger partial charge in [-0.05, 0) is 42.8 Å². The van der Waals surface area contributed by atoms with Crippen LogP contribution in [0.1, 0.15) is 18.7 Å². The van der Waals surface area contributed by atoms with Gasteiger partial charge in [0.05, 0.1) is 0 Å². The van der Waals surface area contributed by atoms with Crippen molar-refractivity contribution in [1.82, 2.24) is 19.9 Å². The van der Waals surface area contributed by atoms with Crippen LogP contribution in [0.15, 0.2) is 59.1 Å². The van der Waals surface area contributed by atoms with Crippen molar-refractivity contribution >= 4 is 17.5 Å². The van der Waals surface area contributed by atoms with Crippen LogP contribution >= 0.6 is 11.6 Å². The normalized spacial score (nSPS) is 14.5. The van der Waals surface area contributed by atoms with Crippen molar-refractivity contribution in [2.75, 3.05) is 39.3 Å². The summed E-state index contributed by atoms with van der Waals surface area (Å²) < 4.78 is 11.1. The van der Waals surface area contributed by atoms with E-state index < -0.39 is 0 Å². The van der Waals surface area contributed by atoms with Crippen LogP contribution in [0, 0.1) is 0 Å². The van der Waals surface area contributed by atoms with Gasteiger partial charge in [0.1, 0.15) is 12.4 Å². The van der Waals surface area contributed by atoms with Crippen LogP contribution < -0.4 is 4.74 Å². The molecule has 0 unspecified atom stereocenters. The van der Waals surface area contributed by atoms with Crippen LogP contribution in [0.4, 0.5) is 0 Å². The van der Waals surface area contributed by atoms with Gasteiger partial charge in [0.15, 0.2) is 0 Å². The minimum Gasteiger partial charge on any atom is -0.492 e. The number of hydrogen-bond donors (Lipinski definition) is 0. The molecular formula is C24H27ClN4O3. The zero-order valence-electron chi connectivity index (χ0n) is 18.0. The summed E-state index contributed by atoms with van der Waals surface area (Å²) in [6.45, 7) is 4.77. The average molecular weight is 455 g/mol. The number of nitrogens with zero attached hydrogens (tertiary/aromatic N) is 4. The quantitative estimate of drug-likeness (QED) is 0.487. The Morgan fingerprint density at radius 1 is 1.03 bits per heavy atom. The summed E-state index contributed by atoms with van der Waals surface area (Å²) in [5.74, 6) is 2.16. The molecule has 1 amide bonds.